The van der Waals surface area contributed by atoms with Gasteiger partial charge in [-0.15, -0.1) is 0 Å². The second kappa shape index (κ2) is 9.61. The lowest BCUT2D eigenvalue weighted by molar-refractivity contribution is -0.0221. The van der Waals surface area contributed by atoms with Crippen molar-refractivity contribution in [2.75, 3.05) is 29.0 Å². The van der Waals surface area contributed by atoms with Gasteiger partial charge in [0.2, 0.25) is 10.0 Å². The Morgan fingerprint density at radius 2 is 1.81 bits per heavy atom. The Kier molecular flexibility index (Phi) is 6.87. The average molecular weight is 521 g/mol. The molecule has 0 spiro atoms. The number of nitrogens with zero attached hydrogens (tertiary/aromatic N) is 2. The van der Waals surface area contributed by atoms with Crippen molar-refractivity contribution >= 4 is 38.3 Å². The highest BCUT2D eigenvalue weighted by atomic mass is 32.2. The minimum atomic E-state index is -3.56. The normalized spacial score (nSPS) is 16.6. The summed E-state index contributed by atoms with van der Waals surface area (Å²) >= 11 is 0. The van der Waals surface area contributed by atoms with Crippen LogP contribution in [0.3, 0.4) is 0 Å². The topological polar surface area (TPSA) is 91.4 Å². The van der Waals surface area contributed by atoms with Gasteiger partial charge in [0.15, 0.2) is 0 Å². The number of hydrogen-bond donors (Lipinski definition) is 2. The van der Waals surface area contributed by atoms with Gasteiger partial charge in [-0.3, -0.25) is 9.52 Å². The zero-order valence-corrected chi connectivity index (χ0v) is 20.9. The molecule has 1 atom stereocenters. The van der Waals surface area contributed by atoms with E-state index in [-0.39, 0.29) is 37.2 Å². The van der Waals surface area contributed by atoms with Crippen LogP contribution in [-0.2, 0) is 10.0 Å². The fraction of sp³-hybridized carbons (Fsp3) is 0.360. The van der Waals surface area contributed by atoms with E-state index < -0.39 is 33.7 Å². The Labute approximate surface area is 207 Å². The van der Waals surface area contributed by atoms with Gasteiger partial charge in [0, 0.05) is 42.4 Å². The van der Waals surface area contributed by atoms with Gasteiger partial charge < -0.3 is 10.2 Å². The van der Waals surface area contributed by atoms with Gasteiger partial charge in [-0.1, -0.05) is 0 Å². The van der Waals surface area contributed by atoms with Crippen LogP contribution in [0.25, 0.3) is 10.9 Å². The molecule has 1 amide bonds. The first kappa shape index (κ1) is 25.7. The third-order valence-electron chi connectivity index (χ3n) is 6.21. The summed E-state index contributed by atoms with van der Waals surface area (Å²) in [5, 5.41) is 3.47. The highest BCUT2D eigenvalue weighted by molar-refractivity contribution is 7.92. The predicted octanol–water partition coefficient (Wildman–Crippen LogP) is 4.78. The number of alkyl halides is 2. The number of hydrogen-bond acceptors (Lipinski definition) is 5. The van der Waals surface area contributed by atoms with Gasteiger partial charge in [-0.2, -0.15) is 0 Å². The summed E-state index contributed by atoms with van der Waals surface area (Å²) in [4.78, 5) is 19.3. The summed E-state index contributed by atoms with van der Waals surface area (Å²) in [5.41, 5.74) is 1.86. The second-order valence-electron chi connectivity index (χ2n) is 9.18. The third-order valence-corrected chi connectivity index (χ3v) is 6.80. The lowest BCUT2D eigenvalue weighted by atomic mass is 10.0. The van der Waals surface area contributed by atoms with Crippen LogP contribution in [0.15, 0.2) is 42.5 Å². The largest absolute Gasteiger partial charge is 0.356 e. The van der Waals surface area contributed by atoms with Gasteiger partial charge in [0.25, 0.3) is 11.8 Å². The SMILES string of the molecule is Cc1cc(C(C)NC(=O)c2ccc3nc(N4CCC(F)(F)CC4)ccc3c2)c(F)cc1NS(C)(=O)=O. The number of piperidine rings is 1. The Bertz CT molecular complexity index is 1420. The number of aromatic nitrogens is 1. The summed E-state index contributed by atoms with van der Waals surface area (Å²) in [6, 6.07) is 10.4. The number of anilines is 2. The van der Waals surface area contributed by atoms with Gasteiger partial charge in [0.1, 0.15) is 11.6 Å². The van der Waals surface area contributed by atoms with Crippen molar-refractivity contribution in [3.63, 3.8) is 0 Å². The van der Waals surface area contributed by atoms with Gasteiger partial charge in [-0.05, 0) is 61.9 Å². The molecule has 1 unspecified atom stereocenters. The zero-order chi connectivity index (χ0) is 26.3. The van der Waals surface area contributed by atoms with E-state index in [1.54, 1.807) is 44.2 Å². The molecule has 0 aliphatic carbocycles. The van der Waals surface area contributed by atoms with E-state index in [1.807, 2.05) is 4.90 Å². The molecule has 2 heterocycles. The highest BCUT2D eigenvalue weighted by Crippen LogP contribution is 2.31. The summed E-state index contributed by atoms with van der Waals surface area (Å²) in [7, 11) is -3.56. The van der Waals surface area contributed by atoms with Crippen molar-refractivity contribution in [1.82, 2.24) is 10.3 Å². The van der Waals surface area contributed by atoms with Crippen molar-refractivity contribution in [2.24, 2.45) is 0 Å². The average Bonchev–Trinajstić information content (AvgIpc) is 2.79. The summed E-state index contributed by atoms with van der Waals surface area (Å²) < 4.78 is 66.8. The third kappa shape index (κ3) is 5.89. The second-order valence-corrected chi connectivity index (χ2v) is 10.9. The van der Waals surface area contributed by atoms with E-state index in [9.17, 15) is 26.4 Å². The van der Waals surface area contributed by atoms with E-state index in [2.05, 4.69) is 15.0 Å². The summed E-state index contributed by atoms with van der Waals surface area (Å²) in [5.74, 6) is -3.08. The Hall–Kier alpha value is -3.34. The van der Waals surface area contributed by atoms with Gasteiger partial charge >= 0.3 is 0 Å². The molecule has 0 bridgehead atoms. The minimum absolute atomic E-state index is 0.136. The maximum absolute atomic E-state index is 14.7. The maximum Gasteiger partial charge on any atom is 0.251 e. The lowest BCUT2D eigenvalue weighted by Gasteiger charge is -2.32. The van der Waals surface area contributed by atoms with Crippen LogP contribution in [0.1, 0.15) is 47.3 Å². The molecule has 1 aliphatic rings. The molecule has 0 radical (unpaired) electrons. The number of carbonyl (C=O) groups excluding carboxylic acids is 1. The number of pyridine rings is 1. The van der Waals surface area contributed by atoms with Crippen molar-refractivity contribution in [3.05, 3.63) is 65.0 Å². The van der Waals surface area contributed by atoms with Crippen LogP contribution in [0.2, 0.25) is 0 Å². The first-order valence-electron chi connectivity index (χ1n) is 11.4. The molecule has 36 heavy (non-hydrogen) atoms. The smallest absolute Gasteiger partial charge is 0.251 e. The molecule has 1 fully saturated rings. The number of fused-ring (bicyclic) bond motifs is 1. The van der Waals surface area contributed by atoms with E-state index in [0.717, 1.165) is 12.3 Å². The molecule has 11 heteroatoms. The highest BCUT2D eigenvalue weighted by Gasteiger charge is 2.34. The number of carbonyl (C=O) groups is 1. The number of aryl methyl sites for hydroxylation is 1. The standard InChI is InChI=1S/C25H27F3N4O3S/c1-15-12-19(20(26)14-22(15)31-36(3,34)35)16(2)29-24(33)18-4-6-21-17(13-18)5-7-23(30-21)32-10-8-25(27,28)9-11-32/h4-7,12-14,16,31H,8-11H2,1-3H3,(H,29,33). The fourth-order valence-corrected chi connectivity index (χ4v) is 4.82. The molecule has 3 aromatic rings. The number of nitrogens with one attached hydrogen (secondary N) is 2. The molecule has 1 aliphatic heterocycles. The summed E-state index contributed by atoms with van der Waals surface area (Å²) in [6.45, 7) is 3.73. The molecule has 7 nitrogen and oxygen atoms in total. The van der Waals surface area contributed by atoms with Gasteiger partial charge in [0.05, 0.1) is 23.5 Å². The van der Waals surface area contributed by atoms with Crippen LogP contribution in [0, 0.1) is 12.7 Å². The molecule has 2 N–H and O–H groups in total. The Balaban J connectivity index is 1.48. The molecular formula is C25H27F3N4O3S. The quantitative estimate of drug-likeness (QED) is 0.488. The van der Waals surface area contributed by atoms with Crippen LogP contribution in [0.4, 0.5) is 24.7 Å². The number of sulfonamides is 1. The van der Waals surface area contributed by atoms with E-state index in [1.165, 1.54) is 6.07 Å². The fourth-order valence-electron chi connectivity index (χ4n) is 4.20. The Morgan fingerprint density at radius 3 is 2.47 bits per heavy atom. The Morgan fingerprint density at radius 1 is 1.11 bits per heavy atom. The van der Waals surface area contributed by atoms with Crippen molar-refractivity contribution in [3.8, 4) is 0 Å². The van der Waals surface area contributed by atoms with Crippen molar-refractivity contribution < 1.29 is 26.4 Å². The molecule has 2 aromatic carbocycles. The molecular weight excluding hydrogens is 493 g/mol. The molecule has 4 rings (SSSR count). The van der Waals surface area contributed by atoms with E-state index in [4.69, 9.17) is 0 Å². The number of benzene rings is 2. The number of halogens is 3. The van der Waals surface area contributed by atoms with Crippen LogP contribution >= 0.6 is 0 Å². The summed E-state index contributed by atoms with van der Waals surface area (Å²) in [6.07, 6.45) is 0.567. The predicted molar refractivity (Wildman–Crippen MR) is 134 cm³/mol. The monoisotopic (exact) mass is 520 g/mol. The minimum Gasteiger partial charge on any atom is -0.356 e. The zero-order valence-electron chi connectivity index (χ0n) is 20.1. The molecule has 1 saturated heterocycles. The van der Waals surface area contributed by atoms with E-state index >= 15 is 0 Å². The van der Waals surface area contributed by atoms with Crippen molar-refractivity contribution in [1.29, 1.82) is 0 Å². The molecule has 1 aromatic heterocycles. The van der Waals surface area contributed by atoms with Crippen LogP contribution in [0.5, 0.6) is 0 Å². The molecule has 0 saturated carbocycles. The van der Waals surface area contributed by atoms with Crippen LogP contribution < -0.4 is 14.9 Å². The number of amides is 1. The van der Waals surface area contributed by atoms with Gasteiger partial charge in [-0.25, -0.2) is 26.6 Å². The van der Waals surface area contributed by atoms with Crippen LogP contribution in [-0.4, -0.2) is 44.6 Å². The maximum atomic E-state index is 14.7. The lowest BCUT2D eigenvalue weighted by Crippen LogP contribution is -2.39. The number of rotatable bonds is 6. The van der Waals surface area contributed by atoms with E-state index in [0.29, 0.717) is 27.8 Å². The first-order chi connectivity index (χ1) is 16.8. The first-order valence-corrected chi connectivity index (χ1v) is 13.3. The molecule has 192 valence electrons. The van der Waals surface area contributed by atoms with Crippen molar-refractivity contribution in [2.45, 2.75) is 38.7 Å².